The Kier molecular flexibility index (Phi) is 5.14. The third kappa shape index (κ3) is 3.65. The second kappa shape index (κ2) is 7.66. The average molecular weight is 345 g/mol. The number of aromatic amines is 1. The van der Waals surface area contributed by atoms with Gasteiger partial charge >= 0.3 is 0 Å². The predicted molar refractivity (Wildman–Crippen MR) is 101 cm³/mol. The maximum Gasteiger partial charge on any atom is 0.255 e. The van der Waals surface area contributed by atoms with Crippen LogP contribution in [0, 0.1) is 11.3 Å². The van der Waals surface area contributed by atoms with Crippen molar-refractivity contribution in [2.45, 2.75) is 19.9 Å². The Labute approximate surface area is 151 Å². The van der Waals surface area contributed by atoms with Gasteiger partial charge in [0.2, 0.25) is 5.56 Å². The fourth-order valence-corrected chi connectivity index (χ4v) is 2.98. The van der Waals surface area contributed by atoms with Crippen molar-refractivity contribution in [3.05, 3.63) is 81.6 Å². The first-order chi connectivity index (χ1) is 12.6. The van der Waals surface area contributed by atoms with Crippen molar-refractivity contribution in [3.8, 4) is 6.07 Å². The molecule has 0 bridgehead atoms. The van der Waals surface area contributed by atoms with Crippen LogP contribution in [0.25, 0.3) is 10.9 Å². The van der Waals surface area contributed by atoms with Crippen LogP contribution in [0.2, 0.25) is 0 Å². The molecule has 5 heteroatoms. The molecule has 0 aliphatic heterocycles. The summed E-state index contributed by atoms with van der Waals surface area (Å²) < 4.78 is 0. The van der Waals surface area contributed by atoms with Gasteiger partial charge in [-0.3, -0.25) is 9.59 Å². The number of aromatic nitrogens is 1. The van der Waals surface area contributed by atoms with Crippen molar-refractivity contribution in [1.82, 2.24) is 9.88 Å². The lowest BCUT2D eigenvalue weighted by Crippen LogP contribution is -2.32. The third-order valence-electron chi connectivity index (χ3n) is 4.22. The number of benzene rings is 2. The highest BCUT2D eigenvalue weighted by Crippen LogP contribution is 2.18. The van der Waals surface area contributed by atoms with E-state index in [1.54, 1.807) is 23.1 Å². The lowest BCUT2D eigenvalue weighted by Gasteiger charge is -2.23. The van der Waals surface area contributed by atoms with E-state index in [4.69, 9.17) is 5.26 Å². The van der Waals surface area contributed by atoms with Gasteiger partial charge in [0.15, 0.2) is 0 Å². The van der Waals surface area contributed by atoms with E-state index in [2.05, 4.69) is 11.1 Å². The van der Waals surface area contributed by atoms with Crippen LogP contribution < -0.4 is 5.56 Å². The van der Waals surface area contributed by atoms with E-state index in [0.717, 1.165) is 17.4 Å². The maximum atomic E-state index is 13.1. The molecule has 0 radical (unpaired) electrons. The highest BCUT2D eigenvalue weighted by Gasteiger charge is 2.19. The van der Waals surface area contributed by atoms with Crippen LogP contribution in [-0.2, 0) is 6.54 Å². The number of para-hydroxylation sites is 1. The first-order valence-corrected chi connectivity index (χ1v) is 8.52. The quantitative estimate of drug-likeness (QED) is 0.769. The van der Waals surface area contributed by atoms with E-state index in [1.165, 1.54) is 6.07 Å². The molecule has 0 atom stereocenters. The maximum absolute atomic E-state index is 13.1. The lowest BCUT2D eigenvalue weighted by atomic mass is 10.1. The first kappa shape index (κ1) is 17.4. The van der Waals surface area contributed by atoms with E-state index in [0.29, 0.717) is 29.7 Å². The fourth-order valence-electron chi connectivity index (χ4n) is 2.98. The molecule has 0 spiro atoms. The van der Waals surface area contributed by atoms with Crippen LogP contribution in [0.1, 0.15) is 34.8 Å². The molecule has 5 nitrogen and oxygen atoms in total. The van der Waals surface area contributed by atoms with Gasteiger partial charge in [-0.05, 0) is 30.2 Å². The lowest BCUT2D eigenvalue weighted by molar-refractivity contribution is 0.0745. The number of nitrogens with zero attached hydrogens (tertiary/aromatic N) is 2. The smallest absolute Gasteiger partial charge is 0.255 e. The van der Waals surface area contributed by atoms with Crippen LogP contribution in [0.4, 0.5) is 0 Å². The van der Waals surface area contributed by atoms with Crippen molar-refractivity contribution in [1.29, 1.82) is 5.26 Å². The molecule has 3 aromatic rings. The van der Waals surface area contributed by atoms with E-state index < -0.39 is 0 Å². The van der Waals surface area contributed by atoms with Crippen molar-refractivity contribution in [2.75, 3.05) is 6.54 Å². The summed E-state index contributed by atoms with van der Waals surface area (Å²) in [5.74, 6) is -0.168. The number of carbonyl (C=O) groups excluding carboxylic acids is 1. The Hall–Kier alpha value is -3.39. The molecule has 1 amide bonds. The summed E-state index contributed by atoms with van der Waals surface area (Å²) >= 11 is 0. The van der Waals surface area contributed by atoms with E-state index >= 15 is 0 Å². The van der Waals surface area contributed by atoms with Crippen LogP contribution in [0.5, 0.6) is 0 Å². The Morgan fingerprint density at radius 2 is 1.88 bits per heavy atom. The molecule has 0 saturated carbocycles. The van der Waals surface area contributed by atoms with Crippen LogP contribution in [0.15, 0.2) is 59.4 Å². The summed E-state index contributed by atoms with van der Waals surface area (Å²) in [5.41, 5.74) is 2.30. The topological polar surface area (TPSA) is 77.0 Å². The monoisotopic (exact) mass is 345 g/mol. The Morgan fingerprint density at radius 3 is 2.58 bits per heavy atom. The number of hydrogen-bond donors (Lipinski definition) is 1. The second-order valence-electron chi connectivity index (χ2n) is 6.13. The summed E-state index contributed by atoms with van der Waals surface area (Å²) in [6, 6.07) is 17.9. The summed E-state index contributed by atoms with van der Waals surface area (Å²) in [6.45, 7) is 3.02. The van der Waals surface area contributed by atoms with Crippen LogP contribution in [0.3, 0.4) is 0 Å². The minimum absolute atomic E-state index is 0.168. The van der Waals surface area contributed by atoms with Gasteiger partial charge in [-0.15, -0.1) is 0 Å². The van der Waals surface area contributed by atoms with Gasteiger partial charge in [0, 0.05) is 30.1 Å². The molecule has 1 heterocycles. The molecule has 0 unspecified atom stereocenters. The largest absolute Gasteiger partial charge is 0.334 e. The molecule has 0 aliphatic rings. The van der Waals surface area contributed by atoms with Crippen molar-refractivity contribution >= 4 is 16.8 Å². The molecule has 1 aromatic heterocycles. The Morgan fingerprint density at radius 1 is 1.15 bits per heavy atom. The predicted octanol–water partition coefficient (Wildman–Crippen LogP) is 3.45. The number of fused-ring (bicyclic) bond motifs is 1. The van der Waals surface area contributed by atoms with Gasteiger partial charge in [-0.1, -0.05) is 37.3 Å². The normalized spacial score (nSPS) is 10.5. The fraction of sp³-hybridized carbons (Fsp3) is 0.190. The molecule has 0 fully saturated rings. The van der Waals surface area contributed by atoms with E-state index in [1.807, 2.05) is 37.3 Å². The number of H-pyrrole nitrogens is 1. The number of amides is 1. The van der Waals surface area contributed by atoms with E-state index in [-0.39, 0.29) is 11.5 Å². The molecular formula is C21H19N3O2. The van der Waals surface area contributed by atoms with Crippen molar-refractivity contribution in [2.24, 2.45) is 0 Å². The van der Waals surface area contributed by atoms with Crippen LogP contribution in [-0.4, -0.2) is 22.3 Å². The average Bonchev–Trinajstić information content (AvgIpc) is 2.67. The molecule has 130 valence electrons. The van der Waals surface area contributed by atoms with Crippen molar-refractivity contribution < 1.29 is 4.79 Å². The Bertz CT molecular complexity index is 1030. The highest BCUT2D eigenvalue weighted by molar-refractivity contribution is 6.05. The number of nitrogens with one attached hydrogen (secondary N) is 1. The van der Waals surface area contributed by atoms with Gasteiger partial charge in [0.05, 0.1) is 17.2 Å². The molecule has 26 heavy (non-hydrogen) atoms. The molecule has 1 N–H and O–H groups in total. The standard InChI is InChI=1S/C21H19N3O2/c1-2-11-24(14-16-9-7-15(13-22)8-10-16)21(26)18-12-20(25)23-19-6-4-3-5-17(18)19/h3-10,12H,2,11,14H2,1H3,(H,23,25). The van der Waals surface area contributed by atoms with Gasteiger partial charge in [0.25, 0.3) is 5.91 Å². The number of carbonyl (C=O) groups is 1. The Balaban J connectivity index is 1.96. The van der Waals surface area contributed by atoms with Gasteiger partial charge in [0.1, 0.15) is 0 Å². The molecular weight excluding hydrogens is 326 g/mol. The zero-order chi connectivity index (χ0) is 18.5. The minimum Gasteiger partial charge on any atom is -0.334 e. The van der Waals surface area contributed by atoms with Gasteiger partial charge < -0.3 is 9.88 Å². The number of hydrogen-bond acceptors (Lipinski definition) is 3. The third-order valence-corrected chi connectivity index (χ3v) is 4.22. The van der Waals surface area contributed by atoms with E-state index in [9.17, 15) is 9.59 Å². The van der Waals surface area contributed by atoms with Gasteiger partial charge in [-0.2, -0.15) is 5.26 Å². The summed E-state index contributed by atoms with van der Waals surface area (Å²) in [6.07, 6.45) is 0.809. The highest BCUT2D eigenvalue weighted by atomic mass is 16.2. The molecule has 0 saturated heterocycles. The number of nitriles is 1. The molecule has 3 rings (SSSR count). The SMILES string of the molecule is CCCN(Cc1ccc(C#N)cc1)C(=O)c1cc(=O)[nH]c2ccccc12. The minimum atomic E-state index is -0.290. The summed E-state index contributed by atoms with van der Waals surface area (Å²) in [5, 5.41) is 9.65. The first-order valence-electron chi connectivity index (χ1n) is 8.52. The second-order valence-corrected chi connectivity index (χ2v) is 6.13. The molecule has 2 aromatic carbocycles. The summed E-state index contributed by atoms with van der Waals surface area (Å²) in [7, 11) is 0. The zero-order valence-electron chi connectivity index (χ0n) is 14.5. The summed E-state index contributed by atoms with van der Waals surface area (Å²) in [4.78, 5) is 29.6. The number of pyridine rings is 1. The number of rotatable bonds is 5. The van der Waals surface area contributed by atoms with Gasteiger partial charge in [-0.25, -0.2) is 0 Å². The van der Waals surface area contributed by atoms with Crippen molar-refractivity contribution in [3.63, 3.8) is 0 Å². The zero-order valence-corrected chi connectivity index (χ0v) is 14.5. The van der Waals surface area contributed by atoms with Crippen LogP contribution >= 0.6 is 0 Å². The molecule has 0 aliphatic carbocycles.